The highest BCUT2D eigenvalue weighted by Crippen LogP contribution is 2.40. The van der Waals surface area contributed by atoms with E-state index in [4.69, 9.17) is 0 Å². The van der Waals surface area contributed by atoms with Gasteiger partial charge in [0.2, 0.25) is 10.0 Å². The zero-order chi connectivity index (χ0) is 18.2. The highest BCUT2D eigenvalue weighted by atomic mass is 32.2. The van der Waals surface area contributed by atoms with Crippen LogP contribution in [0.1, 0.15) is 49.1 Å². The Hall–Kier alpha value is -1.69. The van der Waals surface area contributed by atoms with E-state index in [0.717, 1.165) is 5.56 Å². The third-order valence-electron chi connectivity index (χ3n) is 5.65. The predicted molar refractivity (Wildman–Crippen MR) is 101 cm³/mol. The fourth-order valence-electron chi connectivity index (χ4n) is 3.85. The average Bonchev–Trinajstić information content (AvgIpc) is 3.51. The van der Waals surface area contributed by atoms with Crippen LogP contribution in [0.4, 0.5) is 0 Å². The van der Waals surface area contributed by atoms with Gasteiger partial charge in [0.1, 0.15) is 0 Å². The van der Waals surface area contributed by atoms with Crippen LogP contribution in [0.2, 0.25) is 0 Å². The molecule has 1 heterocycles. The van der Waals surface area contributed by atoms with Crippen molar-refractivity contribution >= 4 is 10.0 Å². The summed E-state index contributed by atoms with van der Waals surface area (Å²) in [5, 5.41) is 11.1. The Labute approximate surface area is 155 Å². The van der Waals surface area contributed by atoms with Gasteiger partial charge in [-0.25, -0.2) is 8.42 Å². The first-order chi connectivity index (χ1) is 12.5. The molecular formula is C21H25NO3S. The number of hydrogen-bond donors (Lipinski definition) is 1. The molecule has 0 spiro atoms. The number of sulfonamides is 1. The molecule has 1 atom stereocenters. The Balaban J connectivity index is 1.52. The van der Waals surface area contributed by atoms with E-state index in [0.29, 0.717) is 43.2 Å². The second-order valence-electron chi connectivity index (χ2n) is 7.50. The molecule has 1 aliphatic heterocycles. The monoisotopic (exact) mass is 371 g/mol. The maximum Gasteiger partial charge on any atom is 0.243 e. The summed E-state index contributed by atoms with van der Waals surface area (Å²) >= 11 is 0. The summed E-state index contributed by atoms with van der Waals surface area (Å²) in [5.41, 5.74) is 1.15. The molecule has 26 heavy (non-hydrogen) atoms. The van der Waals surface area contributed by atoms with Crippen molar-refractivity contribution in [1.29, 1.82) is 0 Å². The van der Waals surface area contributed by atoms with Gasteiger partial charge in [-0.2, -0.15) is 4.31 Å². The molecule has 2 aliphatic rings. The van der Waals surface area contributed by atoms with Gasteiger partial charge >= 0.3 is 0 Å². The first-order valence-corrected chi connectivity index (χ1v) is 10.8. The molecule has 4 nitrogen and oxygen atoms in total. The molecule has 2 aromatic carbocycles. The molecule has 2 fully saturated rings. The summed E-state index contributed by atoms with van der Waals surface area (Å²) in [6.45, 7) is 0.778. The van der Waals surface area contributed by atoms with Crippen LogP contribution in [0.3, 0.4) is 0 Å². The molecule has 0 radical (unpaired) electrons. The van der Waals surface area contributed by atoms with Crippen LogP contribution < -0.4 is 0 Å². The molecule has 1 N–H and O–H groups in total. The topological polar surface area (TPSA) is 57.6 Å². The van der Waals surface area contributed by atoms with Crippen LogP contribution in [0.15, 0.2) is 59.5 Å². The second kappa shape index (κ2) is 6.80. The molecule has 0 bridgehead atoms. The van der Waals surface area contributed by atoms with Crippen LogP contribution in [0.5, 0.6) is 0 Å². The molecule has 2 aromatic rings. The number of rotatable bonds is 4. The smallest absolute Gasteiger partial charge is 0.243 e. The lowest BCUT2D eigenvalue weighted by molar-refractivity contribution is 0.0228. The third-order valence-corrected chi connectivity index (χ3v) is 7.56. The van der Waals surface area contributed by atoms with E-state index in [9.17, 15) is 13.5 Å². The first-order valence-electron chi connectivity index (χ1n) is 9.37. The standard InChI is InChI=1S/C21H25NO3S/c23-21(19-5-2-1-3-6-19)13-4-15-22(16-14-21)26(24,25)20-11-9-18(10-12-20)17-7-8-17/h1-3,5-6,9-12,17,23H,4,7-8,13-16H2. The van der Waals surface area contributed by atoms with E-state index in [1.807, 2.05) is 42.5 Å². The Morgan fingerprint density at radius 3 is 2.27 bits per heavy atom. The minimum Gasteiger partial charge on any atom is -0.385 e. The molecule has 4 rings (SSSR count). The normalized spacial score (nSPS) is 25.0. The molecule has 1 aliphatic carbocycles. The summed E-state index contributed by atoms with van der Waals surface area (Å²) in [6, 6.07) is 16.9. The summed E-state index contributed by atoms with van der Waals surface area (Å²) in [4.78, 5) is 0.354. The SMILES string of the molecule is O=S(=O)(c1ccc(C2CC2)cc1)N1CCCC(O)(c2ccccc2)CC1. The number of nitrogens with zero attached hydrogens (tertiary/aromatic N) is 1. The molecule has 1 unspecified atom stereocenters. The second-order valence-corrected chi connectivity index (χ2v) is 9.44. The van der Waals surface area contributed by atoms with Gasteiger partial charge in [-0.15, -0.1) is 0 Å². The number of hydrogen-bond acceptors (Lipinski definition) is 3. The maximum atomic E-state index is 13.0. The van der Waals surface area contributed by atoms with Gasteiger partial charge in [-0.05, 0) is 61.3 Å². The largest absolute Gasteiger partial charge is 0.385 e. The summed E-state index contributed by atoms with van der Waals surface area (Å²) < 4.78 is 27.6. The minimum atomic E-state index is -3.52. The van der Waals surface area contributed by atoms with Gasteiger partial charge in [-0.1, -0.05) is 42.5 Å². The van der Waals surface area contributed by atoms with Crippen LogP contribution in [-0.2, 0) is 15.6 Å². The van der Waals surface area contributed by atoms with Crippen molar-refractivity contribution in [3.63, 3.8) is 0 Å². The molecule has 0 amide bonds. The Morgan fingerprint density at radius 1 is 0.923 bits per heavy atom. The highest BCUT2D eigenvalue weighted by molar-refractivity contribution is 7.89. The van der Waals surface area contributed by atoms with Crippen LogP contribution in [-0.4, -0.2) is 30.9 Å². The van der Waals surface area contributed by atoms with E-state index < -0.39 is 15.6 Å². The van der Waals surface area contributed by atoms with Crippen molar-refractivity contribution in [3.8, 4) is 0 Å². The van der Waals surface area contributed by atoms with E-state index in [1.165, 1.54) is 22.7 Å². The molecule has 1 saturated carbocycles. The summed E-state index contributed by atoms with van der Waals surface area (Å²) in [6.07, 6.45) is 4.04. The van der Waals surface area contributed by atoms with Crippen molar-refractivity contribution < 1.29 is 13.5 Å². The lowest BCUT2D eigenvalue weighted by atomic mass is 9.87. The van der Waals surface area contributed by atoms with Crippen LogP contribution >= 0.6 is 0 Å². The summed E-state index contributed by atoms with van der Waals surface area (Å²) in [5.74, 6) is 0.616. The van der Waals surface area contributed by atoms with Gasteiger partial charge in [0, 0.05) is 13.1 Å². The van der Waals surface area contributed by atoms with Crippen LogP contribution in [0.25, 0.3) is 0 Å². The Bertz CT molecular complexity index is 860. The quantitative estimate of drug-likeness (QED) is 0.893. The highest BCUT2D eigenvalue weighted by Gasteiger charge is 2.35. The minimum absolute atomic E-state index is 0.331. The third kappa shape index (κ3) is 3.43. The van der Waals surface area contributed by atoms with Crippen molar-refractivity contribution in [1.82, 2.24) is 4.31 Å². The van der Waals surface area contributed by atoms with Crippen molar-refractivity contribution in [2.45, 2.75) is 48.5 Å². The van der Waals surface area contributed by atoms with Gasteiger partial charge in [0.15, 0.2) is 0 Å². The van der Waals surface area contributed by atoms with E-state index >= 15 is 0 Å². The molecule has 138 valence electrons. The number of aliphatic hydroxyl groups is 1. The van der Waals surface area contributed by atoms with Gasteiger partial charge < -0.3 is 5.11 Å². The lowest BCUT2D eigenvalue weighted by Crippen LogP contribution is -2.33. The Kier molecular flexibility index (Phi) is 4.63. The zero-order valence-corrected chi connectivity index (χ0v) is 15.7. The van der Waals surface area contributed by atoms with Gasteiger partial charge in [-0.3, -0.25) is 0 Å². The zero-order valence-electron chi connectivity index (χ0n) is 14.8. The summed E-state index contributed by atoms with van der Waals surface area (Å²) in [7, 11) is -3.52. The molecule has 1 saturated heterocycles. The fourth-order valence-corrected chi connectivity index (χ4v) is 5.33. The van der Waals surface area contributed by atoms with Crippen molar-refractivity contribution in [2.24, 2.45) is 0 Å². The predicted octanol–water partition coefficient (Wildman–Crippen LogP) is 3.63. The average molecular weight is 372 g/mol. The molecular weight excluding hydrogens is 346 g/mol. The molecule has 0 aromatic heterocycles. The fraction of sp³-hybridized carbons (Fsp3) is 0.429. The maximum absolute atomic E-state index is 13.0. The number of benzene rings is 2. The van der Waals surface area contributed by atoms with Gasteiger partial charge in [0.25, 0.3) is 0 Å². The van der Waals surface area contributed by atoms with E-state index in [1.54, 1.807) is 12.1 Å². The first kappa shape index (κ1) is 17.7. The molecule has 5 heteroatoms. The van der Waals surface area contributed by atoms with E-state index in [2.05, 4.69) is 0 Å². The van der Waals surface area contributed by atoms with Crippen molar-refractivity contribution in [3.05, 3.63) is 65.7 Å². The van der Waals surface area contributed by atoms with Crippen molar-refractivity contribution in [2.75, 3.05) is 13.1 Å². The van der Waals surface area contributed by atoms with Crippen LogP contribution in [0, 0.1) is 0 Å². The van der Waals surface area contributed by atoms with Gasteiger partial charge in [0.05, 0.1) is 10.5 Å². The lowest BCUT2D eigenvalue weighted by Gasteiger charge is -2.27. The Morgan fingerprint density at radius 2 is 1.62 bits per heavy atom. The van der Waals surface area contributed by atoms with E-state index in [-0.39, 0.29) is 0 Å².